The summed E-state index contributed by atoms with van der Waals surface area (Å²) in [6.07, 6.45) is 4.20. The zero-order chi connectivity index (χ0) is 31.2. The number of fused-ring (bicyclic) bond motifs is 1. The van der Waals surface area contributed by atoms with Crippen molar-refractivity contribution in [3.8, 4) is 0 Å². The van der Waals surface area contributed by atoms with Gasteiger partial charge in [-0.2, -0.15) is 0 Å². The molecular weight excluding hydrogens is 573 g/mol. The van der Waals surface area contributed by atoms with Crippen molar-refractivity contribution in [1.29, 1.82) is 0 Å². The van der Waals surface area contributed by atoms with Crippen molar-refractivity contribution in [2.24, 2.45) is 11.7 Å². The fourth-order valence-corrected chi connectivity index (χ4v) is 4.97. The summed E-state index contributed by atoms with van der Waals surface area (Å²) in [5.41, 5.74) is 5.33. The summed E-state index contributed by atoms with van der Waals surface area (Å²) in [7, 11) is 0. The highest BCUT2D eigenvalue weighted by molar-refractivity contribution is 7.78. The smallest absolute Gasteiger partial charge is 0.410 e. The van der Waals surface area contributed by atoms with E-state index in [2.05, 4.69) is 17.2 Å². The van der Waals surface area contributed by atoms with E-state index in [0.717, 1.165) is 0 Å². The van der Waals surface area contributed by atoms with Gasteiger partial charge in [0.25, 0.3) is 0 Å². The molecule has 5 N–H and O–H groups in total. The minimum Gasteiger partial charge on any atom is -0.444 e. The number of likely N-dealkylation sites (tertiary alicyclic amines) is 1. The number of carbonyl (C=O) groups is 5. The van der Waals surface area contributed by atoms with Crippen LogP contribution in [0.5, 0.6) is 0 Å². The lowest BCUT2D eigenvalue weighted by Crippen LogP contribution is -2.55. The van der Waals surface area contributed by atoms with Crippen molar-refractivity contribution in [1.82, 2.24) is 20.4 Å². The third-order valence-corrected chi connectivity index (χ3v) is 7.15. The van der Waals surface area contributed by atoms with Crippen LogP contribution < -0.4 is 16.4 Å². The highest BCUT2D eigenvalue weighted by Gasteiger charge is 2.59. The summed E-state index contributed by atoms with van der Waals surface area (Å²) in [6, 6.07) is 3.54. The molecule has 0 radical (unpaired) electrons. The van der Waals surface area contributed by atoms with Gasteiger partial charge < -0.3 is 30.6 Å². The number of nitrogens with zero attached hydrogens (tertiary/aromatic N) is 2. The van der Waals surface area contributed by atoms with E-state index in [-0.39, 0.29) is 42.8 Å². The number of rotatable bonds is 8. The van der Waals surface area contributed by atoms with Crippen molar-refractivity contribution < 1.29 is 46.1 Å². The summed E-state index contributed by atoms with van der Waals surface area (Å²) in [5, 5.41) is 5.10. The van der Waals surface area contributed by atoms with E-state index in [0.29, 0.717) is 17.5 Å². The molecule has 1 saturated heterocycles. The summed E-state index contributed by atoms with van der Waals surface area (Å²) in [4.78, 5) is 65.5. The molecule has 1 aromatic rings. The second-order valence-electron chi connectivity index (χ2n) is 10.0. The van der Waals surface area contributed by atoms with E-state index < -0.39 is 64.3 Å². The maximum absolute atomic E-state index is 14.1. The topological polar surface area (TPSA) is 188 Å². The first kappa shape index (κ1) is 32.4. The molecule has 42 heavy (non-hydrogen) atoms. The number of benzene rings is 1. The molecule has 2 heterocycles. The molecule has 1 unspecified atom stereocenters. The Labute approximate surface area is 249 Å². The minimum atomic E-state index is -1.61. The first-order valence-corrected chi connectivity index (χ1v) is 14.5. The summed E-state index contributed by atoms with van der Waals surface area (Å²) >= 11 is -1.61. The van der Waals surface area contributed by atoms with Gasteiger partial charge in [0.2, 0.25) is 23.6 Å². The number of amides is 5. The van der Waals surface area contributed by atoms with Crippen LogP contribution in [0.2, 0.25) is 0 Å². The number of hydrogen-bond acceptors (Lipinski definition) is 7. The van der Waals surface area contributed by atoms with Gasteiger partial charge in [-0.05, 0) is 31.1 Å². The predicted octanol–water partition coefficient (Wildman–Crippen LogP) is 1.06. The van der Waals surface area contributed by atoms with E-state index in [4.69, 9.17) is 19.2 Å². The molecule has 5 amide bonds. The van der Waals surface area contributed by atoms with Crippen LogP contribution in [0.4, 0.5) is 9.18 Å². The molecule has 234 valence electrons. The van der Waals surface area contributed by atoms with Crippen molar-refractivity contribution in [3.05, 3.63) is 60.0 Å². The van der Waals surface area contributed by atoms with Crippen LogP contribution in [0.25, 0.3) is 0 Å². The lowest BCUT2D eigenvalue weighted by atomic mass is 10.1. The molecule has 0 aromatic heterocycles. The Hall–Kier alpha value is -4.11. The number of carbonyl (C=O) groups excluding carboxylic acids is 5. The maximum atomic E-state index is 14.1. The molecule has 4 rings (SSSR count). The van der Waals surface area contributed by atoms with Gasteiger partial charge in [-0.25, -0.2) is 13.4 Å². The van der Waals surface area contributed by atoms with E-state index in [1.165, 1.54) is 40.4 Å². The zero-order valence-electron chi connectivity index (χ0n) is 23.2. The molecule has 1 aliphatic carbocycles. The van der Waals surface area contributed by atoms with Gasteiger partial charge in [0.1, 0.15) is 34.6 Å². The van der Waals surface area contributed by atoms with Crippen molar-refractivity contribution in [2.75, 3.05) is 19.3 Å². The summed E-state index contributed by atoms with van der Waals surface area (Å²) in [6.45, 7) is 5.03. The van der Waals surface area contributed by atoms with Crippen LogP contribution in [0, 0.1) is 11.7 Å². The number of allylic oxidation sites excluding steroid dienone is 1. The normalized spacial score (nSPS) is 24.6. The standard InChI is InChI=1S/C26H30FN5O6.CH4O2S.3H2/c1-3-6-21(33)29-11-22(34)32-13-17(9-20(32)23(35)30-26(24(28)36)10-16(26)4-2)38-25(37)31-12-15-7-5-8-19(27)18(15)14-31;1-4(2)3;;;/h3-8,16-17,20H,2,9-14H2,1H3,(H2,28,36)(H,29,33)(H,30,35);1H3,(H,2,3);3*1H/b6-3+;;;;/t16-,17-,20+,26-;;;;/m1..../s1. The number of ether oxygens (including phenoxy) is 1. The van der Waals surface area contributed by atoms with Crippen LogP contribution in [0.1, 0.15) is 35.2 Å². The van der Waals surface area contributed by atoms with Gasteiger partial charge in [-0.1, -0.05) is 24.3 Å². The van der Waals surface area contributed by atoms with Crippen molar-refractivity contribution >= 4 is 40.8 Å². The van der Waals surface area contributed by atoms with Gasteiger partial charge >= 0.3 is 6.09 Å². The minimum absolute atomic E-state index is 0. The van der Waals surface area contributed by atoms with Gasteiger partial charge in [0.15, 0.2) is 0 Å². The molecule has 3 aliphatic rings. The van der Waals surface area contributed by atoms with Crippen LogP contribution >= 0.6 is 0 Å². The quantitative estimate of drug-likeness (QED) is 0.190. The number of primary amides is 1. The monoisotopic (exact) mass is 613 g/mol. The molecular formula is C27H40FN5O8S. The number of nitrogens with one attached hydrogen (secondary N) is 2. The predicted molar refractivity (Wildman–Crippen MR) is 155 cm³/mol. The molecule has 0 bridgehead atoms. The van der Waals surface area contributed by atoms with Crippen LogP contribution in [-0.2, 0) is 48.1 Å². The first-order chi connectivity index (χ1) is 19.8. The Bertz CT molecular complexity index is 1340. The molecule has 0 spiro atoms. The second kappa shape index (κ2) is 13.7. The van der Waals surface area contributed by atoms with Crippen molar-refractivity contribution in [2.45, 2.75) is 50.5 Å². The van der Waals surface area contributed by atoms with Crippen LogP contribution in [0.15, 0.2) is 43.0 Å². The summed E-state index contributed by atoms with van der Waals surface area (Å²) in [5.74, 6) is -3.14. The van der Waals surface area contributed by atoms with E-state index >= 15 is 0 Å². The molecule has 13 nitrogen and oxygen atoms in total. The van der Waals surface area contributed by atoms with E-state index in [9.17, 15) is 28.4 Å². The average Bonchev–Trinajstić information content (AvgIpc) is 3.24. The zero-order valence-corrected chi connectivity index (χ0v) is 24.0. The Kier molecular flexibility index (Phi) is 10.6. The number of nitrogens with two attached hydrogens (primary N) is 1. The Morgan fingerprint density at radius 1 is 1.31 bits per heavy atom. The first-order valence-electron chi connectivity index (χ1n) is 13.0. The molecule has 1 saturated carbocycles. The molecule has 15 heteroatoms. The fraction of sp³-hybridized carbons (Fsp3) is 0.444. The van der Waals surface area contributed by atoms with Crippen molar-refractivity contribution in [3.63, 3.8) is 0 Å². The molecule has 5 atom stereocenters. The van der Waals surface area contributed by atoms with Crippen LogP contribution in [-0.4, -0.2) is 85.3 Å². The number of hydrogen-bond donors (Lipinski definition) is 4. The van der Waals surface area contributed by atoms with E-state index in [1.807, 2.05) is 0 Å². The third kappa shape index (κ3) is 7.59. The molecule has 2 aliphatic heterocycles. The molecule has 1 aromatic carbocycles. The largest absolute Gasteiger partial charge is 0.444 e. The van der Waals surface area contributed by atoms with Crippen LogP contribution in [0.3, 0.4) is 0 Å². The Morgan fingerprint density at radius 3 is 2.57 bits per heavy atom. The maximum Gasteiger partial charge on any atom is 0.410 e. The third-order valence-electron chi connectivity index (χ3n) is 7.15. The second-order valence-corrected chi connectivity index (χ2v) is 10.9. The van der Waals surface area contributed by atoms with Gasteiger partial charge in [-0.15, -0.1) is 6.58 Å². The lowest BCUT2D eigenvalue weighted by molar-refractivity contribution is -0.139. The lowest BCUT2D eigenvalue weighted by Gasteiger charge is -2.25. The Balaban J connectivity index is 0.00000261. The van der Waals surface area contributed by atoms with Gasteiger partial charge in [0.05, 0.1) is 19.6 Å². The van der Waals surface area contributed by atoms with E-state index in [1.54, 1.807) is 19.1 Å². The average molecular weight is 614 g/mol. The number of halogens is 1. The summed E-state index contributed by atoms with van der Waals surface area (Å²) < 4.78 is 36.4. The highest BCUT2D eigenvalue weighted by atomic mass is 32.2. The van der Waals surface area contributed by atoms with Gasteiger partial charge in [0, 0.05) is 35.0 Å². The SMILES string of the molecule is C=C[C@@H]1C[C@]1(NC(=O)[C@@H]1C[C@@H](OC(=O)N2Cc3cccc(F)c3C2)CN1C(=O)CNC(=O)/C=C/C)C(N)=O.CS(=O)O.[HH].[HH].[HH]. The van der Waals surface area contributed by atoms with Gasteiger partial charge in [-0.3, -0.25) is 24.1 Å². The Morgan fingerprint density at radius 2 is 2.00 bits per heavy atom. The molecule has 2 fully saturated rings. The fourth-order valence-electron chi connectivity index (χ4n) is 4.97. The highest BCUT2D eigenvalue weighted by Crippen LogP contribution is 2.44.